The van der Waals surface area contributed by atoms with Crippen LogP contribution in [0, 0.1) is 6.92 Å². The molecule has 0 bridgehead atoms. The fourth-order valence-electron chi connectivity index (χ4n) is 2.65. The van der Waals surface area contributed by atoms with Crippen molar-refractivity contribution in [3.63, 3.8) is 0 Å². The first-order valence-corrected chi connectivity index (χ1v) is 8.77. The molecule has 3 aromatic rings. The number of aryl methyl sites for hydroxylation is 1. The van der Waals surface area contributed by atoms with E-state index < -0.39 is 11.9 Å². The van der Waals surface area contributed by atoms with Crippen molar-refractivity contribution in [2.45, 2.75) is 13.5 Å². The van der Waals surface area contributed by atoms with Crippen molar-refractivity contribution in [2.24, 2.45) is 0 Å². The van der Waals surface area contributed by atoms with E-state index in [0.29, 0.717) is 32.1 Å². The van der Waals surface area contributed by atoms with Gasteiger partial charge in [-0.15, -0.1) is 11.3 Å². The van der Waals surface area contributed by atoms with Crippen LogP contribution >= 0.6 is 11.3 Å². The summed E-state index contributed by atoms with van der Waals surface area (Å²) in [7, 11) is 2.78. The van der Waals surface area contributed by atoms with Crippen molar-refractivity contribution < 1.29 is 19.1 Å². The molecule has 1 N–H and O–H groups in total. The fraction of sp³-hybridized carbons (Fsp3) is 0.222. The molecule has 0 atom stereocenters. The van der Waals surface area contributed by atoms with Crippen LogP contribution in [-0.2, 0) is 16.1 Å². The van der Waals surface area contributed by atoms with Gasteiger partial charge in [0.05, 0.1) is 31.6 Å². The number of nitrogens with zero attached hydrogens (tertiary/aromatic N) is 2. The largest absolute Gasteiger partial charge is 0.495 e. The number of carbonyl (C=O) groups excluding carboxylic acids is 2. The minimum Gasteiger partial charge on any atom is -0.495 e. The molecule has 0 saturated heterocycles. The van der Waals surface area contributed by atoms with Gasteiger partial charge in [0, 0.05) is 0 Å². The molecule has 140 valence electrons. The maximum Gasteiger partial charge on any atom is 0.348 e. The molecule has 1 amide bonds. The number of aromatic nitrogens is 2. The second-order valence-corrected chi connectivity index (χ2v) is 6.65. The number of rotatable bonds is 5. The Morgan fingerprint density at radius 2 is 2.00 bits per heavy atom. The van der Waals surface area contributed by atoms with E-state index in [1.165, 1.54) is 25.1 Å². The number of nitrogens with one attached hydrogen (secondary N) is 1. The molecule has 27 heavy (non-hydrogen) atoms. The van der Waals surface area contributed by atoms with Gasteiger partial charge in [-0.2, -0.15) is 0 Å². The van der Waals surface area contributed by atoms with Crippen molar-refractivity contribution in [3.05, 3.63) is 51.4 Å². The van der Waals surface area contributed by atoms with Gasteiger partial charge >= 0.3 is 5.97 Å². The van der Waals surface area contributed by atoms with Crippen LogP contribution in [0.1, 0.15) is 15.2 Å². The number of thiophene rings is 1. The molecule has 8 nitrogen and oxygen atoms in total. The van der Waals surface area contributed by atoms with Crippen molar-refractivity contribution in [2.75, 3.05) is 19.5 Å². The van der Waals surface area contributed by atoms with E-state index in [1.54, 1.807) is 31.2 Å². The standard InChI is InChI=1S/C18H17N3O5S/c1-10-14-16(27-15(10)18(24)26-3)19-9-21(17(14)23)8-13(22)20-11-6-4-5-7-12(11)25-2/h4-7,9H,8H2,1-3H3,(H,20,22). The zero-order valence-corrected chi connectivity index (χ0v) is 15.8. The Morgan fingerprint density at radius 1 is 1.26 bits per heavy atom. The van der Waals surface area contributed by atoms with Crippen LogP contribution in [0.2, 0.25) is 0 Å². The number of hydrogen-bond donors (Lipinski definition) is 1. The van der Waals surface area contributed by atoms with Gasteiger partial charge in [0.15, 0.2) is 0 Å². The van der Waals surface area contributed by atoms with E-state index in [1.807, 2.05) is 0 Å². The van der Waals surface area contributed by atoms with Crippen LogP contribution in [-0.4, -0.2) is 35.6 Å². The van der Waals surface area contributed by atoms with Gasteiger partial charge in [-0.3, -0.25) is 14.2 Å². The minimum atomic E-state index is -0.518. The quantitative estimate of drug-likeness (QED) is 0.674. The monoisotopic (exact) mass is 387 g/mol. The van der Waals surface area contributed by atoms with Gasteiger partial charge in [-0.25, -0.2) is 9.78 Å². The van der Waals surface area contributed by atoms with Crippen LogP contribution in [0.4, 0.5) is 5.69 Å². The van der Waals surface area contributed by atoms with Gasteiger partial charge in [-0.1, -0.05) is 12.1 Å². The predicted molar refractivity (Wildman–Crippen MR) is 102 cm³/mol. The molecule has 2 heterocycles. The molecule has 0 unspecified atom stereocenters. The molecule has 9 heteroatoms. The molecule has 2 aromatic heterocycles. The van der Waals surface area contributed by atoms with Crippen LogP contribution < -0.4 is 15.6 Å². The Hall–Kier alpha value is -3.20. The normalized spacial score (nSPS) is 10.6. The Bertz CT molecular complexity index is 1090. The van der Waals surface area contributed by atoms with E-state index in [4.69, 9.17) is 9.47 Å². The summed E-state index contributed by atoms with van der Waals surface area (Å²) in [5, 5.41) is 3.02. The Balaban J connectivity index is 1.90. The summed E-state index contributed by atoms with van der Waals surface area (Å²) < 4.78 is 11.1. The average Bonchev–Trinajstić information content (AvgIpc) is 3.01. The summed E-state index contributed by atoms with van der Waals surface area (Å²) in [5.41, 5.74) is 0.615. The third-order valence-corrected chi connectivity index (χ3v) is 5.16. The highest BCUT2D eigenvalue weighted by molar-refractivity contribution is 7.20. The number of esters is 1. The van der Waals surface area contributed by atoms with E-state index in [2.05, 4.69) is 10.3 Å². The molecule has 0 spiro atoms. The molecule has 0 fully saturated rings. The van der Waals surface area contributed by atoms with Crippen molar-refractivity contribution >= 4 is 39.1 Å². The Kier molecular flexibility index (Phi) is 5.22. The van der Waals surface area contributed by atoms with Crippen LogP contribution in [0.15, 0.2) is 35.4 Å². The summed E-state index contributed by atoms with van der Waals surface area (Å²) in [6.07, 6.45) is 1.30. The first kappa shape index (κ1) is 18.6. The number of ether oxygens (including phenoxy) is 2. The van der Waals surface area contributed by atoms with Crippen LogP contribution in [0.3, 0.4) is 0 Å². The van der Waals surface area contributed by atoms with E-state index in [0.717, 1.165) is 11.3 Å². The highest BCUT2D eigenvalue weighted by atomic mass is 32.1. The summed E-state index contributed by atoms with van der Waals surface area (Å²) >= 11 is 1.09. The fourth-order valence-corrected chi connectivity index (χ4v) is 3.71. The lowest BCUT2D eigenvalue weighted by atomic mass is 10.2. The van der Waals surface area contributed by atoms with Crippen molar-refractivity contribution in [1.82, 2.24) is 9.55 Å². The van der Waals surface area contributed by atoms with Gasteiger partial charge in [0.1, 0.15) is 22.0 Å². The third kappa shape index (κ3) is 3.54. The van der Waals surface area contributed by atoms with Crippen molar-refractivity contribution in [3.8, 4) is 5.75 Å². The highest BCUT2D eigenvalue weighted by Crippen LogP contribution is 2.27. The topological polar surface area (TPSA) is 99.5 Å². The molecule has 0 aliphatic heterocycles. The van der Waals surface area contributed by atoms with E-state index in [-0.39, 0.29) is 12.1 Å². The van der Waals surface area contributed by atoms with E-state index in [9.17, 15) is 14.4 Å². The lowest BCUT2D eigenvalue weighted by Crippen LogP contribution is -2.28. The van der Waals surface area contributed by atoms with E-state index >= 15 is 0 Å². The number of fused-ring (bicyclic) bond motifs is 1. The van der Waals surface area contributed by atoms with Gasteiger partial charge < -0.3 is 14.8 Å². The molecular formula is C18H17N3O5S. The molecule has 3 rings (SSSR count). The number of anilines is 1. The van der Waals surface area contributed by atoms with Crippen molar-refractivity contribution in [1.29, 1.82) is 0 Å². The lowest BCUT2D eigenvalue weighted by Gasteiger charge is -2.10. The highest BCUT2D eigenvalue weighted by Gasteiger charge is 2.20. The second-order valence-electron chi connectivity index (χ2n) is 5.65. The van der Waals surface area contributed by atoms with Crippen LogP contribution in [0.25, 0.3) is 10.2 Å². The molecular weight excluding hydrogens is 370 g/mol. The third-order valence-electron chi connectivity index (χ3n) is 3.98. The SMILES string of the molecule is COC(=O)c1sc2ncn(CC(=O)Nc3ccccc3OC)c(=O)c2c1C. The Labute approximate surface area is 158 Å². The predicted octanol–water partition coefficient (Wildman–Crippen LogP) is 2.20. The van der Waals surface area contributed by atoms with Crippen LogP contribution in [0.5, 0.6) is 5.75 Å². The minimum absolute atomic E-state index is 0.220. The number of carbonyl (C=O) groups is 2. The number of hydrogen-bond acceptors (Lipinski definition) is 7. The maximum absolute atomic E-state index is 12.8. The smallest absolute Gasteiger partial charge is 0.348 e. The second kappa shape index (κ2) is 7.58. The van der Waals surface area contributed by atoms with Gasteiger partial charge in [-0.05, 0) is 24.6 Å². The number of amides is 1. The average molecular weight is 387 g/mol. The zero-order valence-electron chi connectivity index (χ0n) is 14.9. The summed E-state index contributed by atoms with van der Waals surface area (Å²) in [5.74, 6) is -0.401. The number of para-hydroxylation sites is 2. The number of benzene rings is 1. The molecule has 0 saturated carbocycles. The van der Waals surface area contributed by atoms with Gasteiger partial charge in [0.25, 0.3) is 5.56 Å². The number of methoxy groups -OCH3 is 2. The zero-order chi connectivity index (χ0) is 19.6. The molecule has 0 aliphatic carbocycles. The lowest BCUT2D eigenvalue weighted by molar-refractivity contribution is -0.116. The molecule has 0 radical (unpaired) electrons. The van der Waals surface area contributed by atoms with Gasteiger partial charge in [0.2, 0.25) is 5.91 Å². The molecule has 1 aromatic carbocycles. The summed E-state index contributed by atoms with van der Waals surface area (Å²) in [6, 6.07) is 6.97. The first-order chi connectivity index (χ1) is 13.0. The molecule has 0 aliphatic rings. The Morgan fingerprint density at radius 3 is 2.70 bits per heavy atom. The first-order valence-electron chi connectivity index (χ1n) is 7.96. The maximum atomic E-state index is 12.8. The summed E-state index contributed by atoms with van der Waals surface area (Å²) in [6.45, 7) is 1.44. The summed E-state index contributed by atoms with van der Waals surface area (Å²) in [4.78, 5) is 41.9.